The Morgan fingerprint density at radius 3 is 2.70 bits per heavy atom. The van der Waals surface area contributed by atoms with Crippen LogP contribution in [0.3, 0.4) is 0 Å². The summed E-state index contributed by atoms with van der Waals surface area (Å²) >= 11 is 0. The van der Waals surface area contributed by atoms with Gasteiger partial charge in [-0.15, -0.1) is 0 Å². The number of pyridine rings is 1. The first-order valence-electron chi connectivity index (χ1n) is 10.0. The molecule has 2 saturated heterocycles. The number of likely N-dealkylation sites (tertiary alicyclic amines) is 1. The summed E-state index contributed by atoms with van der Waals surface area (Å²) < 4.78 is 5.65. The molecule has 1 N–H and O–H groups in total. The van der Waals surface area contributed by atoms with Crippen LogP contribution in [0.15, 0.2) is 24.5 Å². The van der Waals surface area contributed by atoms with Gasteiger partial charge in [-0.3, -0.25) is 14.6 Å². The minimum Gasteiger partial charge on any atom is -0.365 e. The quantitative estimate of drug-likeness (QED) is 0.836. The molecule has 3 aliphatic rings. The van der Waals surface area contributed by atoms with Crippen LogP contribution in [0.1, 0.15) is 42.5 Å². The van der Waals surface area contributed by atoms with Crippen LogP contribution in [0.25, 0.3) is 0 Å². The van der Waals surface area contributed by atoms with E-state index in [1.54, 1.807) is 24.5 Å². The average Bonchev–Trinajstić information content (AvgIpc) is 2.67. The lowest BCUT2D eigenvalue weighted by Gasteiger charge is -2.45. The van der Waals surface area contributed by atoms with Crippen molar-refractivity contribution in [3.8, 4) is 0 Å². The van der Waals surface area contributed by atoms with E-state index >= 15 is 0 Å². The first-order valence-corrected chi connectivity index (χ1v) is 10.0. The number of aromatic nitrogens is 1. The van der Waals surface area contributed by atoms with Gasteiger partial charge in [0, 0.05) is 50.7 Å². The Balaban J connectivity index is 1.27. The van der Waals surface area contributed by atoms with Crippen LogP contribution in [0.5, 0.6) is 0 Å². The van der Waals surface area contributed by atoms with Crippen LogP contribution < -0.4 is 5.32 Å². The number of hydrogen-bond donors (Lipinski definition) is 1. The molecule has 27 heavy (non-hydrogen) atoms. The Kier molecular flexibility index (Phi) is 5.69. The van der Waals surface area contributed by atoms with Crippen LogP contribution in [-0.2, 0) is 9.53 Å². The number of carbonyl (C=O) groups excluding carboxylic acids is 2. The van der Waals surface area contributed by atoms with E-state index in [0.29, 0.717) is 24.7 Å². The van der Waals surface area contributed by atoms with E-state index in [1.165, 1.54) is 19.3 Å². The summed E-state index contributed by atoms with van der Waals surface area (Å²) in [6.45, 7) is 3.24. The number of carbonyl (C=O) groups is 2. The molecular formula is C20H28N4O3. The molecule has 3 heterocycles. The van der Waals surface area contributed by atoms with Crippen molar-refractivity contribution < 1.29 is 14.3 Å². The smallest absolute Gasteiger partial charge is 0.252 e. The Morgan fingerprint density at radius 2 is 2.04 bits per heavy atom. The topological polar surface area (TPSA) is 74.8 Å². The van der Waals surface area contributed by atoms with Crippen molar-refractivity contribution in [3.05, 3.63) is 30.1 Å². The largest absolute Gasteiger partial charge is 0.365 e. The number of rotatable bonds is 5. The molecule has 146 valence electrons. The number of morpholine rings is 1. The maximum Gasteiger partial charge on any atom is 0.252 e. The second-order valence-electron chi connectivity index (χ2n) is 7.78. The maximum absolute atomic E-state index is 12.4. The lowest BCUT2D eigenvalue weighted by molar-refractivity contribution is -0.153. The van der Waals surface area contributed by atoms with Gasteiger partial charge in [0.05, 0.1) is 11.7 Å². The number of piperidine rings is 1. The molecule has 0 unspecified atom stereocenters. The second kappa shape index (κ2) is 8.35. The summed E-state index contributed by atoms with van der Waals surface area (Å²) in [5, 5.41) is 2.89. The van der Waals surface area contributed by atoms with Crippen molar-refractivity contribution in [1.82, 2.24) is 20.1 Å². The molecule has 0 spiro atoms. The minimum absolute atomic E-state index is 0.0759. The normalized spacial score (nSPS) is 25.3. The van der Waals surface area contributed by atoms with Gasteiger partial charge in [-0.25, -0.2) is 0 Å². The standard InChI is InChI=1S/C20H28N4O3/c25-19-14-27-18(12-22-20(26)15-3-2-8-21-11-15)13-24(19)17-6-9-23(10-7-17)16-4-1-5-16/h2-3,8,11,16-18H,1,4-7,9-10,12-14H2,(H,22,26)/t18-/m0/s1. The molecule has 1 atom stereocenters. The molecule has 4 rings (SSSR count). The van der Waals surface area contributed by atoms with Crippen molar-refractivity contribution in [2.75, 3.05) is 32.8 Å². The maximum atomic E-state index is 12.4. The van der Waals surface area contributed by atoms with Crippen LogP contribution >= 0.6 is 0 Å². The molecule has 7 heteroatoms. The SMILES string of the molecule is O=C(NC[C@H]1CN(C2CCN(C3CCC3)CC2)C(=O)CO1)c1cccnc1. The predicted octanol–water partition coefficient (Wildman–Crippen LogP) is 1.06. The fraction of sp³-hybridized carbons (Fsp3) is 0.650. The van der Waals surface area contributed by atoms with E-state index in [1.807, 2.05) is 4.90 Å². The van der Waals surface area contributed by atoms with Crippen molar-refractivity contribution in [3.63, 3.8) is 0 Å². The van der Waals surface area contributed by atoms with Gasteiger partial charge in [-0.1, -0.05) is 6.42 Å². The summed E-state index contributed by atoms with van der Waals surface area (Å²) in [5.41, 5.74) is 0.532. The van der Waals surface area contributed by atoms with Gasteiger partial charge in [-0.2, -0.15) is 0 Å². The number of amides is 2. The van der Waals surface area contributed by atoms with Crippen molar-refractivity contribution in [2.24, 2.45) is 0 Å². The summed E-state index contributed by atoms with van der Waals surface area (Å²) in [7, 11) is 0. The lowest BCUT2D eigenvalue weighted by atomic mass is 9.89. The fourth-order valence-corrected chi connectivity index (χ4v) is 4.24. The molecule has 1 saturated carbocycles. The van der Waals surface area contributed by atoms with E-state index in [-0.39, 0.29) is 24.5 Å². The van der Waals surface area contributed by atoms with E-state index in [2.05, 4.69) is 15.2 Å². The van der Waals surface area contributed by atoms with Crippen molar-refractivity contribution in [1.29, 1.82) is 0 Å². The third kappa shape index (κ3) is 4.30. The monoisotopic (exact) mass is 372 g/mol. The zero-order valence-electron chi connectivity index (χ0n) is 15.7. The second-order valence-corrected chi connectivity index (χ2v) is 7.78. The Morgan fingerprint density at radius 1 is 1.22 bits per heavy atom. The highest BCUT2D eigenvalue weighted by molar-refractivity contribution is 5.93. The third-order valence-electron chi connectivity index (χ3n) is 6.11. The molecule has 2 amide bonds. The van der Waals surface area contributed by atoms with E-state index < -0.39 is 0 Å². The molecule has 7 nitrogen and oxygen atoms in total. The lowest BCUT2D eigenvalue weighted by Crippen LogP contribution is -2.57. The molecular weight excluding hydrogens is 344 g/mol. The third-order valence-corrected chi connectivity index (χ3v) is 6.11. The number of nitrogens with one attached hydrogen (secondary N) is 1. The van der Waals surface area contributed by atoms with Crippen molar-refractivity contribution >= 4 is 11.8 Å². The van der Waals surface area contributed by atoms with E-state index in [9.17, 15) is 9.59 Å². The average molecular weight is 372 g/mol. The molecule has 0 bridgehead atoms. The fourth-order valence-electron chi connectivity index (χ4n) is 4.24. The number of hydrogen-bond acceptors (Lipinski definition) is 5. The van der Waals surface area contributed by atoms with Crippen molar-refractivity contribution in [2.45, 2.75) is 50.3 Å². The van der Waals surface area contributed by atoms with Gasteiger partial charge >= 0.3 is 0 Å². The van der Waals surface area contributed by atoms with Crippen LogP contribution in [0.2, 0.25) is 0 Å². The van der Waals surface area contributed by atoms with E-state index in [4.69, 9.17) is 4.74 Å². The summed E-state index contributed by atoms with van der Waals surface area (Å²) in [5.74, 6) is -0.0871. The summed E-state index contributed by atoms with van der Waals surface area (Å²) in [6, 6.07) is 4.55. The highest BCUT2D eigenvalue weighted by atomic mass is 16.5. The van der Waals surface area contributed by atoms with Gasteiger partial charge < -0.3 is 19.9 Å². The predicted molar refractivity (Wildman–Crippen MR) is 100 cm³/mol. The van der Waals surface area contributed by atoms with Crippen LogP contribution in [0.4, 0.5) is 0 Å². The molecule has 1 aromatic heterocycles. The molecule has 0 aromatic carbocycles. The van der Waals surface area contributed by atoms with Gasteiger partial charge in [-0.05, 0) is 37.8 Å². The molecule has 2 aliphatic heterocycles. The first-order chi connectivity index (χ1) is 13.2. The van der Waals surface area contributed by atoms with Crippen LogP contribution in [-0.4, -0.2) is 77.6 Å². The zero-order chi connectivity index (χ0) is 18.6. The van der Waals surface area contributed by atoms with Gasteiger partial charge in [0.25, 0.3) is 5.91 Å². The molecule has 0 radical (unpaired) electrons. The van der Waals surface area contributed by atoms with Gasteiger partial charge in [0.1, 0.15) is 6.61 Å². The molecule has 1 aliphatic carbocycles. The summed E-state index contributed by atoms with van der Waals surface area (Å²) in [6.07, 6.45) is 9.13. The van der Waals surface area contributed by atoms with E-state index in [0.717, 1.165) is 32.0 Å². The molecule has 3 fully saturated rings. The Hall–Kier alpha value is -1.99. The van der Waals surface area contributed by atoms with Gasteiger partial charge in [0.15, 0.2) is 0 Å². The van der Waals surface area contributed by atoms with Crippen LogP contribution in [0, 0.1) is 0 Å². The minimum atomic E-state index is -0.163. The molecule has 1 aromatic rings. The number of ether oxygens (including phenoxy) is 1. The zero-order valence-corrected chi connectivity index (χ0v) is 15.7. The Bertz CT molecular complexity index is 656. The Labute approximate surface area is 160 Å². The number of nitrogens with zero attached hydrogens (tertiary/aromatic N) is 3. The van der Waals surface area contributed by atoms with Gasteiger partial charge in [0.2, 0.25) is 5.91 Å². The highest BCUT2D eigenvalue weighted by Gasteiger charge is 2.35. The first kappa shape index (κ1) is 18.4. The highest BCUT2D eigenvalue weighted by Crippen LogP contribution is 2.29. The summed E-state index contributed by atoms with van der Waals surface area (Å²) in [4.78, 5) is 33.1.